The fourth-order valence-corrected chi connectivity index (χ4v) is 3.64. The number of rotatable bonds is 6. The zero-order chi connectivity index (χ0) is 15.9. The first-order valence-corrected chi connectivity index (χ1v) is 8.36. The minimum absolute atomic E-state index is 0.166. The first-order valence-electron chi connectivity index (χ1n) is 6.73. The van der Waals surface area contributed by atoms with Crippen LogP contribution in [0.4, 0.5) is 0 Å². The van der Waals surface area contributed by atoms with Gasteiger partial charge in [-0.3, -0.25) is 0 Å². The number of benzene rings is 1. The van der Waals surface area contributed by atoms with Crippen LogP contribution in [-0.2, 0) is 19.1 Å². The molecule has 0 aliphatic heterocycles. The van der Waals surface area contributed by atoms with Gasteiger partial charge in [0, 0.05) is 6.08 Å². The van der Waals surface area contributed by atoms with Crippen LogP contribution < -0.4 is 0 Å². The van der Waals surface area contributed by atoms with Crippen molar-refractivity contribution in [3.05, 3.63) is 35.2 Å². The molecule has 2 rings (SSSR count). The number of thioether (sulfide) groups is 1. The molecule has 1 aromatic heterocycles. The molecule has 0 spiro atoms. The molecular weight excluding hydrogens is 322 g/mol. The summed E-state index contributed by atoms with van der Waals surface area (Å²) in [5.41, 5.74) is 0.856. The lowest BCUT2D eigenvalue weighted by atomic mass is 10.3. The zero-order valence-corrected chi connectivity index (χ0v) is 13.8. The van der Waals surface area contributed by atoms with Crippen LogP contribution >= 0.6 is 23.1 Å². The maximum absolute atomic E-state index is 12.0. The van der Waals surface area contributed by atoms with Crippen LogP contribution in [0, 0.1) is 0 Å². The lowest BCUT2D eigenvalue weighted by Gasteiger charge is -2.04. The molecule has 0 radical (unpaired) electrons. The molecule has 0 aliphatic carbocycles. The molecule has 0 amide bonds. The Labute approximate surface area is 136 Å². The highest BCUT2D eigenvalue weighted by atomic mass is 32.2. The summed E-state index contributed by atoms with van der Waals surface area (Å²) in [5.74, 6) is -1.13. The van der Waals surface area contributed by atoms with Gasteiger partial charge < -0.3 is 9.47 Å². The van der Waals surface area contributed by atoms with Crippen LogP contribution in [0.3, 0.4) is 0 Å². The molecule has 1 aromatic carbocycles. The number of fused-ring (bicyclic) bond motifs is 1. The van der Waals surface area contributed by atoms with Crippen molar-refractivity contribution < 1.29 is 19.1 Å². The highest BCUT2D eigenvalue weighted by molar-refractivity contribution is 8.05. The maximum atomic E-state index is 12.0. The van der Waals surface area contributed by atoms with Crippen molar-refractivity contribution in [2.45, 2.75) is 18.2 Å². The van der Waals surface area contributed by atoms with Crippen molar-refractivity contribution in [2.24, 2.45) is 0 Å². The van der Waals surface area contributed by atoms with Gasteiger partial charge in [-0.25, -0.2) is 14.6 Å². The Morgan fingerprint density at radius 1 is 1.23 bits per heavy atom. The van der Waals surface area contributed by atoms with Crippen molar-refractivity contribution in [3.8, 4) is 0 Å². The predicted octanol–water partition coefficient (Wildman–Crippen LogP) is 3.40. The second-order valence-corrected chi connectivity index (χ2v) is 6.35. The third-order valence-corrected chi connectivity index (χ3v) is 4.59. The molecule has 2 aromatic rings. The van der Waals surface area contributed by atoms with E-state index in [1.807, 2.05) is 24.3 Å². The SMILES string of the molecule is CCOC(=O)/C=C(\Sc1nc2ccccc2s1)C(=O)OCC. The van der Waals surface area contributed by atoms with E-state index in [1.165, 1.54) is 11.3 Å². The van der Waals surface area contributed by atoms with E-state index in [0.29, 0.717) is 4.34 Å². The molecule has 22 heavy (non-hydrogen) atoms. The molecule has 0 aliphatic rings. The Bertz CT molecular complexity index is 675. The molecule has 0 unspecified atom stereocenters. The van der Waals surface area contributed by atoms with Gasteiger partial charge in [0.05, 0.1) is 23.4 Å². The lowest BCUT2D eigenvalue weighted by Crippen LogP contribution is -2.09. The van der Waals surface area contributed by atoms with E-state index >= 15 is 0 Å². The van der Waals surface area contributed by atoms with E-state index in [-0.39, 0.29) is 18.1 Å². The number of aromatic nitrogens is 1. The number of carbonyl (C=O) groups excluding carboxylic acids is 2. The van der Waals surface area contributed by atoms with Crippen LogP contribution in [0.25, 0.3) is 10.2 Å². The molecule has 0 saturated carbocycles. The van der Waals surface area contributed by atoms with E-state index in [9.17, 15) is 9.59 Å². The summed E-state index contributed by atoms with van der Waals surface area (Å²) in [6.45, 7) is 3.90. The monoisotopic (exact) mass is 337 g/mol. The molecule has 0 saturated heterocycles. The molecule has 0 bridgehead atoms. The van der Waals surface area contributed by atoms with Crippen LogP contribution in [0.5, 0.6) is 0 Å². The Morgan fingerprint density at radius 2 is 1.95 bits per heavy atom. The van der Waals surface area contributed by atoms with Crippen molar-refractivity contribution in [1.82, 2.24) is 4.98 Å². The van der Waals surface area contributed by atoms with Gasteiger partial charge in [-0.2, -0.15) is 0 Å². The second-order valence-electron chi connectivity index (χ2n) is 4.03. The molecule has 1 heterocycles. The normalized spacial score (nSPS) is 11.5. The van der Waals surface area contributed by atoms with Gasteiger partial charge in [-0.15, -0.1) is 11.3 Å². The van der Waals surface area contributed by atoms with Gasteiger partial charge in [0.2, 0.25) is 0 Å². The summed E-state index contributed by atoms with van der Waals surface area (Å²) in [5, 5.41) is 0. The summed E-state index contributed by atoms with van der Waals surface area (Å²) in [4.78, 5) is 28.1. The minimum Gasteiger partial charge on any atom is -0.463 e. The molecular formula is C15H15NO4S2. The summed E-state index contributed by atoms with van der Waals surface area (Å²) in [6.07, 6.45) is 1.15. The maximum Gasteiger partial charge on any atom is 0.345 e. The smallest absolute Gasteiger partial charge is 0.345 e. The molecule has 116 valence electrons. The molecule has 7 heteroatoms. The quantitative estimate of drug-likeness (QED) is 0.457. The van der Waals surface area contributed by atoms with Crippen LogP contribution in [-0.4, -0.2) is 30.1 Å². The number of esters is 2. The highest BCUT2D eigenvalue weighted by Crippen LogP contribution is 2.34. The predicted molar refractivity (Wildman–Crippen MR) is 86.8 cm³/mol. The van der Waals surface area contributed by atoms with E-state index in [1.54, 1.807) is 13.8 Å². The van der Waals surface area contributed by atoms with Crippen molar-refractivity contribution in [2.75, 3.05) is 13.2 Å². The number of hydrogen-bond acceptors (Lipinski definition) is 7. The first kappa shape index (κ1) is 16.5. The Kier molecular flexibility index (Phi) is 5.97. The second kappa shape index (κ2) is 7.95. The van der Waals surface area contributed by atoms with E-state index < -0.39 is 11.9 Å². The number of ether oxygens (including phenoxy) is 2. The van der Waals surface area contributed by atoms with Gasteiger partial charge >= 0.3 is 11.9 Å². The topological polar surface area (TPSA) is 65.5 Å². The highest BCUT2D eigenvalue weighted by Gasteiger charge is 2.17. The van der Waals surface area contributed by atoms with Gasteiger partial charge in [-0.1, -0.05) is 23.9 Å². The lowest BCUT2D eigenvalue weighted by molar-refractivity contribution is -0.140. The van der Waals surface area contributed by atoms with Crippen molar-refractivity contribution >= 4 is 45.3 Å². The van der Waals surface area contributed by atoms with E-state index in [4.69, 9.17) is 9.47 Å². The fraction of sp³-hybridized carbons (Fsp3) is 0.267. The molecule has 0 N–H and O–H groups in total. The minimum atomic E-state index is -0.570. The summed E-state index contributed by atoms with van der Waals surface area (Å²) in [7, 11) is 0. The molecule has 0 atom stereocenters. The number of hydrogen-bond donors (Lipinski definition) is 0. The average Bonchev–Trinajstić information content (AvgIpc) is 2.89. The fourth-order valence-electron chi connectivity index (χ4n) is 1.61. The zero-order valence-electron chi connectivity index (χ0n) is 12.2. The standard InChI is InChI=1S/C15H15NO4S2/c1-3-19-13(17)9-12(14(18)20-4-2)22-15-16-10-7-5-6-8-11(10)21-15/h5-9H,3-4H2,1-2H3/b12-9-. The average molecular weight is 337 g/mol. The number of nitrogens with zero attached hydrogens (tertiary/aromatic N) is 1. The third kappa shape index (κ3) is 4.32. The third-order valence-electron chi connectivity index (χ3n) is 2.48. The summed E-state index contributed by atoms with van der Waals surface area (Å²) < 4.78 is 11.5. The first-order chi connectivity index (χ1) is 10.6. The van der Waals surface area contributed by atoms with E-state index in [0.717, 1.165) is 28.1 Å². The van der Waals surface area contributed by atoms with Crippen LogP contribution in [0.15, 0.2) is 39.6 Å². The van der Waals surface area contributed by atoms with Crippen molar-refractivity contribution in [3.63, 3.8) is 0 Å². The largest absolute Gasteiger partial charge is 0.463 e. The van der Waals surface area contributed by atoms with Crippen LogP contribution in [0.2, 0.25) is 0 Å². The van der Waals surface area contributed by atoms with Gasteiger partial charge in [0.1, 0.15) is 4.91 Å². The molecule has 0 fully saturated rings. The van der Waals surface area contributed by atoms with Gasteiger partial charge in [-0.05, 0) is 26.0 Å². The Balaban J connectivity index is 2.24. The number of carbonyl (C=O) groups is 2. The Morgan fingerprint density at radius 3 is 2.64 bits per heavy atom. The molecule has 5 nitrogen and oxygen atoms in total. The van der Waals surface area contributed by atoms with E-state index in [2.05, 4.69) is 4.98 Å². The van der Waals surface area contributed by atoms with Crippen molar-refractivity contribution in [1.29, 1.82) is 0 Å². The summed E-state index contributed by atoms with van der Waals surface area (Å²) >= 11 is 2.56. The number of thiazole rings is 1. The number of para-hydroxylation sites is 1. The van der Waals surface area contributed by atoms with Gasteiger partial charge in [0.25, 0.3) is 0 Å². The van der Waals surface area contributed by atoms with Gasteiger partial charge in [0.15, 0.2) is 4.34 Å². The van der Waals surface area contributed by atoms with Crippen LogP contribution in [0.1, 0.15) is 13.8 Å². The summed E-state index contributed by atoms with van der Waals surface area (Å²) in [6, 6.07) is 7.68. The Hall–Kier alpha value is -1.86.